The van der Waals surface area contributed by atoms with E-state index in [-0.39, 0.29) is 28.2 Å². The van der Waals surface area contributed by atoms with Crippen molar-refractivity contribution < 1.29 is 19.4 Å². The summed E-state index contributed by atoms with van der Waals surface area (Å²) in [4.78, 5) is 26.5. The normalized spacial score (nSPS) is 12.3. The predicted molar refractivity (Wildman–Crippen MR) is 70.6 cm³/mol. The van der Waals surface area contributed by atoms with Crippen molar-refractivity contribution in [3.05, 3.63) is 28.0 Å². The molecule has 0 aliphatic rings. The highest BCUT2D eigenvalue weighted by Gasteiger charge is 2.24. The highest BCUT2D eigenvalue weighted by molar-refractivity contribution is 6.32. The molecular formula is C12H13Cl2NO4. The molecule has 19 heavy (non-hydrogen) atoms. The van der Waals surface area contributed by atoms with E-state index in [0.29, 0.717) is 0 Å². The number of ether oxygens (including phenoxy) is 1. The summed E-state index contributed by atoms with van der Waals surface area (Å²) in [5.74, 6) is -1.90. The van der Waals surface area contributed by atoms with Crippen LogP contribution in [0.25, 0.3) is 0 Å². The van der Waals surface area contributed by atoms with Gasteiger partial charge >= 0.3 is 11.9 Å². The minimum Gasteiger partial charge on any atom is -0.479 e. The van der Waals surface area contributed by atoms with Crippen LogP contribution in [0.15, 0.2) is 12.1 Å². The van der Waals surface area contributed by atoms with Gasteiger partial charge in [0.05, 0.1) is 5.56 Å². The summed E-state index contributed by atoms with van der Waals surface area (Å²) in [7, 11) is 0. The van der Waals surface area contributed by atoms with E-state index in [1.807, 2.05) is 13.8 Å². The number of hydrogen-bond acceptors (Lipinski definition) is 4. The summed E-state index contributed by atoms with van der Waals surface area (Å²) in [6.07, 6.45) is -0.966. The molecule has 1 atom stereocenters. The molecule has 0 amide bonds. The van der Waals surface area contributed by atoms with E-state index in [9.17, 15) is 9.59 Å². The Morgan fingerprint density at radius 1 is 1.32 bits per heavy atom. The highest BCUT2D eigenvalue weighted by Crippen LogP contribution is 2.17. The van der Waals surface area contributed by atoms with Crippen LogP contribution >= 0.6 is 23.2 Å². The SMILES string of the molecule is CC(C)C[C@@H](OC(=O)c1cc(Cl)nc(Cl)c1)C(=O)O. The molecule has 1 rings (SSSR count). The van der Waals surface area contributed by atoms with Crippen molar-refractivity contribution in [1.82, 2.24) is 4.98 Å². The second-order valence-electron chi connectivity index (χ2n) is 4.36. The van der Waals surface area contributed by atoms with Crippen molar-refractivity contribution in [2.24, 2.45) is 5.92 Å². The van der Waals surface area contributed by atoms with Crippen molar-refractivity contribution in [3.63, 3.8) is 0 Å². The Bertz CT molecular complexity index is 470. The summed E-state index contributed by atoms with van der Waals surface area (Å²) in [5, 5.41) is 9.06. The van der Waals surface area contributed by atoms with Gasteiger partial charge in [0, 0.05) is 0 Å². The molecule has 1 N–H and O–H groups in total. The monoisotopic (exact) mass is 305 g/mol. The van der Waals surface area contributed by atoms with Gasteiger partial charge in [-0.2, -0.15) is 0 Å². The zero-order valence-electron chi connectivity index (χ0n) is 10.4. The maximum absolute atomic E-state index is 11.8. The van der Waals surface area contributed by atoms with Crippen molar-refractivity contribution in [3.8, 4) is 0 Å². The van der Waals surface area contributed by atoms with Gasteiger partial charge in [-0.3, -0.25) is 0 Å². The van der Waals surface area contributed by atoms with Gasteiger partial charge in [-0.25, -0.2) is 14.6 Å². The molecule has 0 bridgehead atoms. The van der Waals surface area contributed by atoms with Crippen LogP contribution in [-0.4, -0.2) is 28.1 Å². The summed E-state index contributed by atoms with van der Waals surface area (Å²) in [6.45, 7) is 3.67. The topological polar surface area (TPSA) is 76.5 Å². The lowest BCUT2D eigenvalue weighted by molar-refractivity contribution is -0.148. The Balaban J connectivity index is 2.84. The number of carboxylic acids is 1. The lowest BCUT2D eigenvalue weighted by Crippen LogP contribution is -2.28. The molecule has 0 radical (unpaired) electrons. The Labute approximate surface area is 120 Å². The summed E-state index contributed by atoms with van der Waals surface area (Å²) >= 11 is 11.3. The number of carbonyl (C=O) groups excluding carboxylic acids is 1. The van der Waals surface area contributed by atoms with Gasteiger partial charge in [0.2, 0.25) is 0 Å². The van der Waals surface area contributed by atoms with Crippen molar-refractivity contribution in [1.29, 1.82) is 0 Å². The first-order valence-corrected chi connectivity index (χ1v) is 6.32. The van der Waals surface area contributed by atoms with Crippen LogP contribution < -0.4 is 0 Å². The number of aromatic nitrogens is 1. The first-order valence-electron chi connectivity index (χ1n) is 5.56. The van der Waals surface area contributed by atoms with Crippen LogP contribution in [0.2, 0.25) is 10.3 Å². The molecule has 5 nitrogen and oxygen atoms in total. The molecule has 1 aromatic rings. The summed E-state index contributed by atoms with van der Waals surface area (Å²) in [6, 6.07) is 2.54. The number of halogens is 2. The number of carboxylic acid groups (broad SMARTS) is 1. The molecule has 0 unspecified atom stereocenters. The smallest absolute Gasteiger partial charge is 0.345 e. The van der Waals surface area contributed by atoms with E-state index in [1.165, 1.54) is 12.1 Å². The molecule has 0 saturated heterocycles. The van der Waals surface area contributed by atoms with Crippen molar-refractivity contribution >= 4 is 35.1 Å². The molecule has 0 spiro atoms. The number of nitrogens with zero attached hydrogens (tertiary/aromatic N) is 1. The average Bonchev–Trinajstić information content (AvgIpc) is 2.25. The van der Waals surface area contributed by atoms with E-state index in [1.54, 1.807) is 0 Å². The summed E-state index contributed by atoms with van der Waals surface area (Å²) < 4.78 is 4.94. The van der Waals surface area contributed by atoms with Gasteiger partial charge in [0.1, 0.15) is 10.3 Å². The second-order valence-corrected chi connectivity index (χ2v) is 5.14. The molecule has 0 saturated carbocycles. The molecular weight excluding hydrogens is 293 g/mol. The van der Waals surface area contributed by atoms with Gasteiger partial charge in [-0.15, -0.1) is 0 Å². The van der Waals surface area contributed by atoms with Crippen LogP contribution in [0.3, 0.4) is 0 Å². The third-order valence-electron chi connectivity index (χ3n) is 2.21. The summed E-state index contributed by atoms with van der Waals surface area (Å²) in [5.41, 5.74) is 0.0695. The molecule has 0 fully saturated rings. The first-order chi connectivity index (χ1) is 8.79. The van der Waals surface area contributed by atoms with Crippen LogP contribution in [0.1, 0.15) is 30.6 Å². The zero-order chi connectivity index (χ0) is 14.6. The van der Waals surface area contributed by atoms with Gasteiger partial charge < -0.3 is 9.84 Å². The lowest BCUT2D eigenvalue weighted by atomic mass is 10.1. The molecule has 0 aliphatic heterocycles. The fraction of sp³-hybridized carbons (Fsp3) is 0.417. The predicted octanol–water partition coefficient (Wildman–Crippen LogP) is 3.04. The Kier molecular flexibility index (Phi) is 5.57. The minimum absolute atomic E-state index is 0.0372. The van der Waals surface area contributed by atoms with Gasteiger partial charge in [-0.05, 0) is 24.5 Å². The van der Waals surface area contributed by atoms with Crippen molar-refractivity contribution in [2.45, 2.75) is 26.4 Å². The fourth-order valence-electron chi connectivity index (χ4n) is 1.41. The number of carbonyl (C=O) groups is 2. The third kappa shape index (κ3) is 5.04. The van der Waals surface area contributed by atoms with E-state index in [2.05, 4.69) is 4.98 Å². The maximum Gasteiger partial charge on any atom is 0.345 e. The number of pyridine rings is 1. The second kappa shape index (κ2) is 6.73. The van der Waals surface area contributed by atoms with E-state index in [4.69, 9.17) is 33.0 Å². The highest BCUT2D eigenvalue weighted by atomic mass is 35.5. The molecule has 7 heteroatoms. The van der Waals surface area contributed by atoms with Crippen LogP contribution in [-0.2, 0) is 9.53 Å². The van der Waals surface area contributed by atoms with Crippen LogP contribution in [0, 0.1) is 5.92 Å². The van der Waals surface area contributed by atoms with E-state index >= 15 is 0 Å². The molecule has 104 valence electrons. The quantitative estimate of drug-likeness (QED) is 0.668. The van der Waals surface area contributed by atoms with Gasteiger partial charge in [-0.1, -0.05) is 37.0 Å². The number of hydrogen-bond donors (Lipinski definition) is 1. The number of rotatable bonds is 5. The van der Waals surface area contributed by atoms with Crippen molar-refractivity contribution in [2.75, 3.05) is 0 Å². The maximum atomic E-state index is 11.8. The van der Waals surface area contributed by atoms with Gasteiger partial charge in [0.15, 0.2) is 6.10 Å². The number of aliphatic carboxylic acids is 1. The Morgan fingerprint density at radius 3 is 2.26 bits per heavy atom. The van der Waals surface area contributed by atoms with E-state index in [0.717, 1.165) is 0 Å². The average molecular weight is 306 g/mol. The third-order valence-corrected chi connectivity index (χ3v) is 2.60. The van der Waals surface area contributed by atoms with Crippen LogP contribution in [0.4, 0.5) is 0 Å². The fourth-order valence-corrected chi connectivity index (χ4v) is 1.87. The number of esters is 1. The van der Waals surface area contributed by atoms with E-state index < -0.39 is 18.0 Å². The van der Waals surface area contributed by atoms with Crippen LogP contribution in [0.5, 0.6) is 0 Å². The largest absolute Gasteiger partial charge is 0.479 e. The Morgan fingerprint density at radius 2 is 1.84 bits per heavy atom. The standard InChI is InChI=1S/C12H13Cl2NO4/c1-6(2)3-8(11(16)17)19-12(18)7-4-9(13)15-10(14)5-7/h4-6,8H,3H2,1-2H3,(H,16,17)/t8-/m1/s1. The molecule has 0 aliphatic carbocycles. The van der Waals surface area contributed by atoms with Gasteiger partial charge in [0.25, 0.3) is 0 Å². The molecule has 0 aromatic carbocycles. The zero-order valence-corrected chi connectivity index (χ0v) is 11.9. The lowest BCUT2D eigenvalue weighted by Gasteiger charge is -2.15. The Hall–Kier alpha value is -1.33. The molecule has 1 aromatic heterocycles. The first kappa shape index (κ1) is 15.7. The molecule has 1 heterocycles. The minimum atomic E-state index is -1.20.